The smallest absolute Gasteiger partial charge is 0.0396 e. The van der Waals surface area contributed by atoms with Gasteiger partial charge in [0.1, 0.15) is 0 Å². The standard InChI is InChI=1S/C13H19N/c1-4-11-5-6-13-12(8-11)7-10(2)9-14(13)3/h5-6,8,10H,4,7,9H2,1-3H3. The maximum Gasteiger partial charge on any atom is 0.0396 e. The monoisotopic (exact) mass is 189 g/mol. The Morgan fingerprint density at radius 3 is 2.93 bits per heavy atom. The number of hydrogen-bond donors (Lipinski definition) is 0. The van der Waals surface area contributed by atoms with Crippen molar-refractivity contribution >= 4 is 5.69 Å². The highest BCUT2D eigenvalue weighted by atomic mass is 15.1. The molecule has 1 unspecified atom stereocenters. The quantitative estimate of drug-likeness (QED) is 0.656. The van der Waals surface area contributed by atoms with Gasteiger partial charge in [0.25, 0.3) is 0 Å². The van der Waals surface area contributed by atoms with E-state index >= 15 is 0 Å². The molecule has 1 heteroatoms. The van der Waals surface area contributed by atoms with Gasteiger partial charge in [0, 0.05) is 19.3 Å². The molecule has 0 saturated heterocycles. The zero-order valence-electron chi connectivity index (χ0n) is 9.38. The van der Waals surface area contributed by atoms with E-state index in [-0.39, 0.29) is 0 Å². The van der Waals surface area contributed by atoms with Crippen molar-refractivity contribution < 1.29 is 0 Å². The second-order valence-corrected chi connectivity index (χ2v) is 4.51. The predicted octanol–water partition coefficient (Wildman–Crippen LogP) is 2.88. The Morgan fingerprint density at radius 2 is 2.21 bits per heavy atom. The first-order valence-corrected chi connectivity index (χ1v) is 5.53. The minimum absolute atomic E-state index is 0.791. The lowest BCUT2D eigenvalue weighted by Crippen LogP contribution is -2.30. The van der Waals surface area contributed by atoms with Crippen molar-refractivity contribution in [3.63, 3.8) is 0 Å². The van der Waals surface area contributed by atoms with Crippen molar-refractivity contribution in [1.82, 2.24) is 0 Å². The van der Waals surface area contributed by atoms with Gasteiger partial charge in [-0.25, -0.2) is 0 Å². The molecule has 1 atom stereocenters. The first-order valence-electron chi connectivity index (χ1n) is 5.53. The Kier molecular flexibility index (Phi) is 2.49. The van der Waals surface area contributed by atoms with Gasteiger partial charge in [-0.2, -0.15) is 0 Å². The number of nitrogens with zero attached hydrogens (tertiary/aromatic N) is 1. The van der Waals surface area contributed by atoms with Crippen molar-refractivity contribution in [3.8, 4) is 0 Å². The highest BCUT2D eigenvalue weighted by Crippen LogP contribution is 2.29. The molecule has 1 aromatic rings. The minimum Gasteiger partial charge on any atom is -0.374 e. The van der Waals surface area contributed by atoms with Gasteiger partial charge in [-0.1, -0.05) is 26.0 Å². The van der Waals surface area contributed by atoms with Crippen LogP contribution in [0.2, 0.25) is 0 Å². The summed E-state index contributed by atoms with van der Waals surface area (Å²) in [6, 6.07) is 6.91. The third-order valence-electron chi connectivity index (χ3n) is 3.12. The van der Waals surface area contributed by atoms with Crippen LogP contribution in [-0.2, 0) is 12.8 Å². The molecular weight excluding hydrogens is 170 g/mol. The minimum atomic E-state index is 0.791. The van der Waals surface area contributed by atoms with Crippen LogP contribution < -0.4 is 4.90 Å². The molecule has 0 fully saturated rings. The molecule has 0 bridgehead atoms. The predicted molar refractivity (Wildman–Crippen MR) is 62.0 cm³/mol. The summed E-state index contributed by atoms with van der Waals surface area (Å²) in [5.41, 5.74) is 4.43. The molecule has 0 saturated carbocycles. The largest absolute Gasteiger partial charge is 0.374 e. The molecule has 0 aromatic heterocycles. The molecule has 1 aliphatic rings. The summed E-state index contributed by atoms with van der Waals surface area (Å²) in [5.74, 6) is 0.791. The number of fused-ring (bicyclic) bond motifs is 1. The molecule has 0 radical (unpaired) electrons. The van der Waals surface area contributed by atoms with Crippen LogP contribution in [0, 0.1) is 5.92 Å². The summed E-state index contributed by atoms with van der Waals surface area (Å²) < 4.78 is 0. The molecular formula is C13H19N. The van der Waals surface area contributed by atoms with Crippen molar-refractivity contribution in [3.05, 3.63) is 29.3 Å². The first kappa shape index (κ1) is 9.57. The van der Waals surface area contributed by atoms with Crippen molar-refractivity contribution in [2.75, 3.05) is 18.5 Å². The van der Waals surface area contributed by atoms with E-state index in [2.05, 4.69) is 44.0 Å². The van der Waals surface area contributed by atoms with Crippen LogP contribution in [0.1, 0.15) is 25.0 Å². The molecule has 0 aliphatic carbocycles. The fraction of sp³-hybridized carbons (Fsp3) is 0.538. The highest BCUT2D eigenvalue weighted by Gasteiger charge is 2.18. The van der Waals surface area contributed by atoms with E-state index in [0.717, 1.165) is 12.3 Å². The average molecular weight is 189 g/mol. The SMILES string of the molecule is CCc1ccc2c(c1)CC(C)CN2C. The molecule has 2 rings (SSSR count). The Labute approximate surface area is 86.7 Å². The van der Waals surface area contributed by atoms with E-state index in [0.29, 0.717) is 0 Å². The van der Waals surface area contributed by atoms with Gasteiger partial charge < -0.3 is 4.90 Å². The molecule has 0 amide bonds. The topological polar surface area (TPSA) is 3.24 Å². The summed E-state index contributed by atoms with van der Waals surface area (Å²) in [4.78, 5) is 2.38. The van der Waals surface area contributed by atoms with Gasteiger partial charge in [0.15, 0.2) is 0 Å². The third-order valence-corrected chi connectivity index (χ3v) is 3.12. The van der Waals surface area contributed by atoms with E-state index < -0.39 is 0 Å². The van der Waals surface area contributed by atoms with Crippen LogP contribution in [0.5, 0.6) is 0 Å². The fourth-order valence-corrected chi connectivity index (χ4v) is 2.40. The maximum atomic E-state index is 2.38. The highest BCUT2D eigenvalue weighted by molar-refractivity contribution is 5.56. The summed E-state index contributed by atoms with van der Waals surface area (Å²) in [6.45, 7) is 5.74. The Bertz CT molecular complexity index is 330. The summed E-state index contributed by atoms with van der Waals surface area (Å²) in [5, 5.41) is 0. The van der Waals surface area contributed by atoms with E-state index in [1.807, 2.05) is 0 Å². The maximum absolute atomic E-state index is 2.38. The molecule has 0 N–H and O–H groups in total. The summed E-state index contributed by atoms with van der Waals surface area (Å²) >= 11 is 0. The molecule has 1 aromatic carbocycles. The molecule has 0 spiro atoms. The van der Waals surface area contributed by atoms with E-state index in [1.54, 1.807) is 0 Å². The van der Waals surface area contributed by atoms with Gasteiger partial charge in [-0.05, 0) is 36.0 Å². The van der Waals surface area contributed by atoms with Gasteiger partial charge in [-0.15, -0.1) is 0 Å². The lowest BCUT2D eigenvalue weighted by molar-refractivity contribution is 0.551. The normalized spacial score (nSPS) is 20.8. The molecule has 1 aliphatic heterocycles. The third kappa shape index (κ3) is 1.63. The van der Waals surface area contributed by atoms with Gasteiger partial charge in [0.2, 0.25) is 0 Å². The van der Waals surface area contributed by atoms with Crippen LogP contribution in [0.25, 0.3) is 0 Å². The van der Waals surface area contributed by atoms with Crippen LogP contribution >= 0.6 is 0 Å². The van der Waals surface area contributed by atoms with E-state index in [4.69, 9.17) is 0 Å². The van der Waals surface area contributed by atoms with Gasteiger partial charge in [-0.3, -0.25) is 0 Å². The zero-order valence-corrected chi connectivity index (χ0v) is 9.38. The number of rotatable bonds is 1. The summed E-state index contributed by atoms with van der Waals surface area (Å²) in [7, 11) is 2.19. The lowest BCUT2D eigenvalue weighted by Gasteiger charge is -2.32. The molecule has 1 nitrogen and oxygen atoms in total. The lowest BCUT2D eigenvalue weighted by atomic mass is 9.92. The number of hydrogen-bond acceptors (Lipinski definition) is 1. The fourth-order valence-electron chi connectivity index (χ4n) is 2.40. The van der Waals surface area contributed by atoms with Crippen molar-refractivity contribution in [1.29, 1.82) is 0 Å². The number of aryl methyl sites for hydroxylation is 1. The van der Waals surface area contributed by atoms with Gasteiger partial charge in [0.05, 0.1) is 0 Å². The van der Waals surface area contributed by atoms with Crippen molar-refractivity contribution in [2.24, 2.45) is 5.92 Å². The zero-order chi connectivity index (χ0) is 10.1. The second kappa shape index (κ2) is 3.64. The Morgan fingerprint density at radius 1 is 1.43 bits per heavy atom. The van der Waals surface area contributed by atoms with Gasteiger partial charge >= 0.3 is 0 Å². The Balaban J connectivity index is 2.39. The first-order chi connectivity index (χ1) is 6.70. The van der Waals surface area contributed by atoms with E-state index in [9.17, 15) is 0 Å². The molecule has 76 valence electrons. The van der Waals surface area contributed by atoms with Crippen molar-refractivity contribution in [2.45, 2.75) is 26.7 Å². The van der Waals surface area contributed by atoms with Crippen LogP contribution in [0.15, 0.2) is 18.2 Å². The van der Waals surface area contributed by atoms with Crippen LogP contribution in [0.3, 0.4) is 0 Å². The van der Waals surface area contributed by atoms with E-state index in [1.165, 1.54) is 29.8 Å². The van der Waals surface area contributed by atoms with Crippen LogP contribution in [0.4, 0.5) is 5.69 Å². The number of anilines is 1. The molecule has 1 heterocycles. The number of benzene rings is 1. The average Bonchev–Trinajstić information content (AvgIpc) is 2.16. The molecule has 14 heavy (non-hydrogen) atoms. The van der Waals surface area contributed by atoms with Crippen LogP contribution in [-0.4, -0.2) is 13.6 Å². The Hall–Kier alpha value is -0.980. The summed E-state index contributed by atoms with van der Waals surface area (Å²) in [6.07, 6.45) is 2.39. The second-order valence-electron chi connectivity index (χ2n) is 4.51.